The summed E-state index contributed by atoms with van der Waals surface area (Å²) in [6.07, 6.45) is 0. The van der Waals surface area contributed by atoms with Crippen molar-refractivity contribution in [2.45, 2.75) is 0 Å². The van der Waals surface area contributed by atoms with Crippen molar-refractivity contribution in [1.29, 1.82) is 0 Å². The molecule has 0 amide bonds. The van der Waals surface area contributed by atoms with Crippen LogP contribution in [0.4, 0.5) is 0 Å². The molecule has 4 heteroatoms. The minimum atomic E-state index is 0.714. The summed E-state index contributed by atoms with van der Waals surface area (Å²) in [5, 5.41) is 0.714. The lowest BCUT2D eigenvalue weighted by molar-refractivity contribution is 0.409. The van der Waals surface area contributed by atoms with Gasteiger partial charge in [-0.3, -0.25) is 0 Å². The first kappa shape index (κ1) is 9.61. The summed E-state index contributed by atoms with van der Waals surface area (Å²) < 4.78 is 6.97. The molecule has 0 atom stereocenters. The van der Waals surface area contributed by atoms with Crippen LogP contribution in [0.1, 0.15) is 0 Å². The molecule has 0 spiro atoms. The first-order valence-electron chi connectivity index (χ1n) is 2.84. The Hall–Kier alpha value is 0.520. The molecule has 0 aromatic heterocycles. The largest absolute Gasteiger partial charge is 0.494 e. The molecule has 1 aromatic rings. The average Bonchev–Trinajstić information content (AvgIpc) is 1.99. The maximum atomic E-state index is 5.86. The van der Waals surface area contributed by atoms with Gasteiger partial charge < -0.3 is 4.74 Å². The lowest BCUT2D eigenvalue weighted by atomic mass is 10.3. The van der Waals surface area contributed by atoms with Crippen molar-refractivity contribution in [3.8, 4) is 5.75 Å². The van der Waals surface area contributed by atoms with Crippen LogP contribution in [0.15, 0.2) is 16.6 Å². The molecule has 0 fully saturated rings. The Morgan fingerprint density at radius 1 is 1.55 bits per heavy atom. The van der Waals surface area contributed by atoms with Crippen LogP contribution >= 0.6 is 50.1 Å². The van der Waals surface area contributed by atoms with Gasteiger partial charge in [-0.05, 0) is 50.7 Å². The second kappa shape index (κ2) is 3.96. The summed E-state index contributed by atoms with van der Waals surface area (Å²) >= 11 is 11.4. The number of hydrogen-bond acceptors (Lipinski definition) is 1. The number of halogens is 3. The lowest BCUT2D eigenvalue weighted by Crippen LogP contribution is -1.88. The molecule has 0 heterocycles. The van der Waals surface area contributed by atoms with E-state index in [0.29, 0.717) is 5.02 Å². The molecule has 0 unspecified atom stereocenters. The number of methoxy groups -OCH3 is 1. The van der Waals surface area contributed by atoms with Gasteiger partial charge in [-0.1, -0.05) is 11.6 Å². The van der Waals surface area contributed by atoms with Gasteiger partial charge in [0.15, 0.2) is 0 Å². The maximum absolute atomic E-state index is 5.86. The van der Waals surface area contributed by atoms with Crippen molar-refractivity contribution >= 4 is 50.1 Å². The fourth-order valence-corrected chi connectivity index (χ4v) is 2.40. The van der Waals surface area contributed by atoms with Crippen LogP contribution in [0.3, 0.4) is 0 Å². The van der Waals surface area contributed by atoms with E-state index in [1.54, 1.807) is 7.11 Å². The van der Waals surface area contributed by atoms with Gasteiger partial charge in [0.1, 0.15) is 5.75 Å². The van der Waals surface area contributed by atoms with Gasteiger partial charge in [0.25, 0.3) is 0 Å². The average molecular weight is 347 g/mol. The first-order valence-corrected chi connectivity index (χ1v) is 5.09. The molecule has 1 rings (SSSR count). The number of benzene rings is 1. The Kier molecular flexibility index (Phi) is 3.46. The molecule has 0 radical (unpaired) electrons. The SMILES string of the molecule is COc1c(Br)ccc(Cl)c1I. The summed E-state index contributed by atoms with van der Waals surface area (Å²) in [6, 6.07) is 3.69. The molecule has 11 heavy (non-hydrogen) atoms. The van der Waals surface area contributed by atoms with Crippen LogP contribution in [0.25, 0.3) is 0 Å². The van der Waals surface area contributed by atoms with E-state index in [-0.39, 0.29) is 0 Å². The summed E-state index contributed by atoms with van der Waals surface area (Å²) in [5.41, 5.74) is 0. The highest BCUT2D eigenvalue weighted by Gasteiger charge is 2.07. The molecule has 0 aliphatic rings. The zero-order valence-corrected chi connectivity index (χ0v) is 10.2. The first-order chi connectivity index (χ1) is 5.16. The topological polar surface area (TPSA) is 9.23 Å². The smallest absolute Gasteiger partial charge is 0.147 e. The lowest BCUT2D eigenvalue weighted by Gasteiger charge is -2.06. The molecule has 1 nitrogen and oxygen atoms in total. The van der Waals surface area contributed by atoms with Gasteiger partial charge in [-0.15, -0.1) is 0 Å². The summed E-state index contributed by atoms with van der Waals surface area (Å²) in [4.78, 5) is 0. The standard InChI is InChI=1S/C7H5BrClIO/c1-11-7-4(8)2-3-5(9)6(7)10/h2-3H,1H3. The van der Waals surface area contributed by atoms with E-state index in [1.165, 1.54) is 0 Å². The Morgan fingerprint density at radius 2 is 2.18 bits per heavy atom. The highest BCUT2D eigenvalue weighted by molar-refractivity contribution is 14.1. The monoisotopic (exact) mass is 346 g/mol. The van der Waals surface area contributed by atoms with Crippen molar-refractivity contribution in [3.63, 3.8) is 0 Å². The van der Waals surface area contributed by atoms with Crippen molar-refractivity contribution < 1.29 is 4.74 Å². The minimum Gasteiger partial charge on any atom is -0.494 e. The van der Waals surface area contributed by atoms with E-state index in [9.17, 15) is 0 Å². The molecule has 0 saturated carbocycles. The van der Waals surface area contributed by atoms with Crippen LogP contribution in [0.5, 0.6) is 5.75 Å². The normalized spacial score (nSPS) is 9.82. The fourth-order valence-electron chi connectivity index (χ4n) is 0.696. The molecule has 0 aliphatic carbocycles. The van der Waals surface area contributed by atoms with Gasteiger partial charge in [0.05, 0.1) is 20.2 Å². The van der Waals surface area contributed by atoms with Crippen LogP contribution in [0.2, 0.25) is 5.02 Å². The zero-order valence-electron chi connectivity index (χ0n) is 5.70. The van der Waals surface area contributed by atoms with E-state index in [2.05, 4.69) is 38.5 Å². The van der Waals surface area contributed by atoms with E-state index in [1.807, 2.05) is 12.1 Å². The molecule has 60 valence electrons. The van der Waals surface area contributed by atoms with Gasteiger partial charge in [0, 0.05) is 0 Å². The van der Waals surface area contributed by atoms with Crippen molar-refractivity contribution in [2.75, 3.05) is 7.11 Å². The van der Waals surface area contributed by atoms with E-state index >= 15 is 0 Å². The maximum Gasteiger partial charge on any atom is 0.147 e. The fraction of sp³-hybridized carbons (Fsp3) is 0.143. The van der Waals surface area contributed by atoms with Crippen LogP contribution < -0.4 is 4.74 Å². The molecular formula is C7H5BrClIO. The van der Waals surface area contributed by atoms with Gasteiger partial charge >= 0.3 is 0 Å². The van der Waals surface area contributed by atoms with E-state index in [0.717, 1.165) is 13.8 Å². The third kappa shape index (κ3) is 2.00. The second-order valence-corrected chi connectivity index (χ2v) is 4.22. The van der Waals surface area contributed by atoms with E-state index in [4.69, 9.17) is 16.3 Å². The third-order valence-corrected chi connectivity index (χ3v) is 3.54. The zero-order chi connectivity index (χ0) is 8.43. The molecule has 1 aromatic carbocycles. The van der Waals surface area contributed by atoms with Crippen molar-refractivity contribution in [3.05, 3.63) is 25.2 Å². The molecule has 0 aliphatic heterocycles. The predicted molar refractivity (Wildman–Crippen MR) is 58.4 cm³/mol. The Morgan fingerprint density at radius 3 is 2.64 bits per heavy atom. The summed E-state index contributed by atoms with van der Waals surface area (Å²) in [5.74, 6) is 0.790. The molecular weight excluding hydrogens is 342 g/mol. The van der Waals surface area contributed by atoms with Gasteiger partial charge in [-0.2, -0.15) is 0 Å². The molecule has 0 bridgehead atoms. The van der Waals surface area contributed by atoms with Crippen molar-refractivity contribution in [1.82, 2.24) is 0 Å². The predicted octanol–water partition coefficient (Wildman–Crippen LogP) is 3.72. The molecule has 0 saturated heterocycles. The Labute approximate surface area is 92.3 Å². The van der Waals surface area contributed by atoms with Crippen LogP contribution in [0, 0.1) is 3.57 Å². The van der Waals surface area contributed by atoms with Crippen molar-refractivity contribution in [2.24, 2.45) is 0 Å². The number of ether oxygens (including phenoxy) is 1. The number of rotatable bonds is 1. The Bertz CT molecular complexity index is 277. The molecule has 0 N–H and O–H groups in total. The highest BCUT2D eigenvalue weighted by atomic mass is 127. The van der Waals surface area contributed by atoms with Crippen LogP contribution in [-0.4, -0.2) is 7.11 Å². The second-order valence-electron chi connectivity index (χ2n) is 1.88. The van der Waals surface area contributed by atoms with Gasteiger partial charge in [0.2, 0.25) is 0 Å². The summed E-state index contributed by atoms with van der Waals surface area (Å²) in [6.45, 7) is 0. The Balaban J connectivity index is 3.29. The summed E-state index contributed by atoms with van der Waals surface area (Å²) in [7, 11) is 1.62. The minimum absolute atomic E-state index is 0.714. The number of hydrogen-bond donors (Lipinski definition) is 0. The van der Waals surface area contributed by atoms with Gasteiger partial charge in [-0.25, -0.2) is 0 Å². The highest BCUT2D eigenvalue weighted by Crippen LogP contribution is 2.34. The van der Waals surface area contributed by atoms with E-state index < -0.39 is 0 Å². The quantitative estimate of drug-likeness (QED) is 0.556. The third-order valence-electron chi connectivity index (χ3n) is 1.21. The van der Waals surface area contributed by atoms with Crippen LogP contribution in [-0.2, 0) is 0 Å².